The zero-order chi connectivity index (χ0) is 18.4. The maximum atomic E-state index is 4.65. The molecule has 150 valence electrons. The maximum Gasteiger partial charge on any atom is 0.191 e. The lowest BCUT2D eigenvalue weighted by Gasteiger charge is -2.45. The Hall–Kier alpha value is -0.900. The van der Waals surface area contributed by atoms with Gasteiger partial charge in [0, 0.05) is 38.8 Å². The van der Waals surface area contributed by atoms with Gasteiger partial charge in [0.25, 0.3) is 0 Å². The minimum atomic E-state index is 0. The summed E-state index contributed by atoms with van der Waals surface area (Å²) in [5.41, 5.74) is 0.0872. The van der Waals surface area contributed by atoms with Crippen molar-refractivity contribution < 1.29 is 0 Å². The molecule has 0 aliphatic carbocycles. The highest BCUT2D eigenvalue weighted by Crippen LogP contribution is 2.26. The van der Waals surface area contributed by atoms with Crippen LogP contribution in [0.2, 0.25) is 0 Å². The van der Waals surface area contributed by atoms with Gasteiger partial charge < -0.3 is 10.6 Å². The third-order valence-electron chi connectivity index (χ3n) is 4.94. The van der Waals surface area contributed by atoms with Crippen LogP contribution in [-0.2, 0) is 13.6 Å². The standard InChI is InChI=1S/C18H35N7.HI/c1-7-19-17(20-9-16-22-13-23-24(16)6)21-12-18(4,5)25-10-14(2)8-15(3)11-25;/h13-15H,7-12H2,1-6H3,(H2,19,20,21);1H. The largest absolute Gasteiger partial charge is 0.357 e. The van der Waals surface area contributed by atoms with Gasteiger partial charge in [-0.25, -0.2) is 9.98 Å². The number of aryl methyl sites for hydroxylation is 1. The average Bonchev–Trinajstić information content (AvgIpc) is 2.94. The first-order valence-corrected chi connectivity index (χ1v) is 9.42. The van der Waals surface area contributed by atoms with Crippen LogP contribution in [0.15, 0.2) is 11.3 Å². The molecule has 0 aromatic carbocycles. The van der Waals surface area contributed by atoms with E-state index in [0.29, 0.717) is 6.54 Å². The molecule has 2 N–H and O–H groups in total. The lowest BCUT2D eigenvalue weighted by atomic mass is 9.88. The molecule has 2 unspecified atom stereocenters. The minimum Gasteiger partial charge on any atom is -0.357 e. The molecule has 0 amide bonds. The minimum absolute atomic E-state index is 0. The summed E-state index contributed by atoms with van der Waals surface area (Å²) in [5.74, 6) is 3.22. The summed E-state index contributed by atoms with van der Waals surface area (Å²) in [6.45, 7) is 16.0. The molecule has 1 aliphatic rings. The molecule has 1 aromatic rings. The highest BCUT2D eigenvalue weighted by Gasteiger charge is 2.32. The van der Waals surface area contributed by atoms with Crippen LogP contribution in [0.5, 0.6) is 0 Å². The predicted octanol–water partition coefficient (Wildman–Crippen LogP) is 2.24. The van der Waals surface area contributed by atoms with Crippen molar-refractivity contribution in [2.75, 3.05) is 26.2 Å². The first-order chi connectivity index (χ1) is 11.8. The fourth-order valence-electron chi connectivity index (χ4n) is 3.52. The van der Waals surface area contributed by atoms with E-state index in [1.165, 1.54) is 19.5 Å². The monoisotopic (exact) mass is 477 g/mol. The summed E-state index contributed by atoms with van der Waals surface area (Å²) in [6.07, 6.45) is 2.90. The van der Waals surface area contributed by atoms with Crippen LogP contribution in [0.1, 0.15) is 46.9 Å². The van der Waals surface area contributed by atoms with Gasteiger partial charge in [-0.1, -0.05) is 13.8 Å². The van der Waals surface area contributed by atoms with Gasteiger partial charge in [-0.2, -0.15) is 5.10 Å². The molecule has 2 heterocycles. The molecule has 1 fully saturated rings. The molecule has 2 rings (SSSR count). The van der Waals surface area contributed by atoms with Crippen molar-refractivity contribution in [3.8, 4) is 0 Å². The molecular formula is C18H36IN7. The van der Waals surface area contributed by atoms with Crippen molar-refractivity contribution in [3.63, 3.8) is 0 Å². The lowest BCUT2D eigenvalue weighted by molar-refractivity contribution is 0.0483. The number of hydrogen-bond donors (Lipinski definition) is 2. The molecule has 2 atom stereocenters. The number of halogens is 1. The molecule has 1 aliphatic heterocycles. The second kappa shape index (κ2) is 10.4. The van der Waals surface area contributed by atoms with E-state index in [1.807, 2.05) is 7.05 Å². The molecule has 0 radical (unpaired) electrons. The smallest absolute Gasteiger partial charge is 0.191 e. The van der Waals surface area contributed by atoms with E-state index in [1.54, 1.807) is 11.0 Å². The van der Waals surface area contributed by atoms with Gasteiger partial charge in [-0.3, -0.25) is 9.58 Å². The average molecular weight is 477 g/mol. The van der Waals surface area contributed by atoms with Crippen molar-refractivity contribution in [2.45, 2.75) is 53.1 Å². The summed E-state index contributed by atoms with van der Waals surface area (Å²) >= 11 is 0. The molecular weight excluding hydrogens is 441 g/mol. The molecule has 0 bridgehead atoms. The number of nitrogens with zero attached hydrogens (tertiary/aromatic N) is 5. The molecule has 7 nitrogen and oxygen atoms in total. The topological polar surface area (TPSA) is 70.4 Å². The highest BCUT2D eigenvalue weighted by molar-refractivity contribution is 14.0. The summed E-state index contributed by atoms with van der Waals surface area (Å²) in [4.78, 5) is 11.5. The van der Waals surface area contributed by atoms with Crippen LogP contribution in [0.25, 0.3) is 0 Å². The van der Waals surface area contributed by atoms with Crippen LogP contribution in [-0.4, -0.2) is 57.3 Å². The van der Waals surface area contributed by atoms with Crippen LogP contribution >= 0.6 is 24.0 Å². The molecule has 0 spiro atoms. The predicted molar refractivity (Wildman–Crippen MR) is 118 cm³/mol. The number of hydrogen-bond acceptors (Lipinski definition) is 4. The van der Waals surface area contributed by atoms with Crippen LogP contribution in [0.4, 0.5) is 0 Å². The first kappa shape index (κ1) is 23.1. The molecule has 8 heteroatoms. The van der Waals surface area contributed by atoms with Gasteiger partial charge in [0.15, 0.2) is 5.96 Å². The Morgan fingerprint density at radius 3 is 2.46 bits per heavy atom. The van der Waals surface area contributed by atoms with Gasteiger partial charge >= 0.3 is 0 Å². The Morgan fingerprint density at radius 2 is 1.92 bits per heavy atom. The normalized spacial score (nSPS) is 22.0. The molecule has 0 saturated carbocycles. The number of rotatable bonds is 6. The zero-order valence-corrected chi connectivity index (χ0v) is 19.4. The van der Waals surface area contributed by atoms with E-state index >= 15 is 0 Å². The van der Waals surface area contributed by atoms with Gasteiger partial charge in [-0.15, -0.1) is 24.0 Å². The fourth-order valence-corrected chi connectivity index (χ4v) is 3.52. The lowest BCUT2D eigenvalue weighted by Crippen LogP contribution is -2.57. The number of nitrogens with one attached hydrogen (secondary N) is 2. The van der Waals surface area contributed by atoms with Crippen molar-refractivity contribution >= 4 is 29.9 Å². The molecule has 1 aromatic heterocycles. The third-order valence-corrected chi connectivity index (χ3v) is 4.94. The second-order valence-corrected chi connectivity index (χ2v) is 8.01. The number of likely N-dealkylation sites (tertiary alicyclic amines) is 1. The Morgan fingerprint density at radius 1 is 1.27 bits per heavy atom. The van der Waals surface area contributed by atoms with E-state index in [4.69, 9.17) is 0 Å². The van der Waals surface area contributed by atoms with Gasteiger partial charge in [0.05, 0.1) is 0 Å². The first-order valence-electron chi connectivity index (χ1n) is 9.42. The van der Waals surface area contributed by atoms with Crippen LogP contribution in [0, 0.1) is 11.8 Å². The van der Waals surface area contributed by atoms with Crippen LogP contribution in [0.3, 0.4) is 0 Å². The van der Waals surface area contributed by atoms with Crippen LogP contribution < -0.4 is 10.6 Å². The van der Waals surface area contributed by atoms with E-state index in [9.17, 15) is 0 Å². The Kier molecular flexibility index (Phi) is 9.29. The van der Waals surface area contributed by atoms with E-state index < -0.39 is 0 Å². The molecule has 26 heavy (non-hydrogen) atoms. The number of guanidine groups is 1. The van der Waals surface area contributed by atoms with Crippen molar-refractivity contribution in [3.05, 3.63) is 12.2 Å². The quantitative estimate of drug-likeness (QED) is 0.374. The summed E-state index contributed by atoms with van der Waals surface area (Å²) < 4.78 is 1.76. The third kappa shape index (κ3) is 6.68. The molecule has 1 saturated heterocycles. The fraction of sp³-hybridized carbons (Fsp3) is 0.833. The van der Waals surface area contributed by atoms with Crippen molar-refractivity contribution in [1.29, 1.82) is 0 Å². The zero-order valence-electron chi connectivity index (χ0n) is 17.1. The highest BCUT2D eigenvalue weighted by atomic mass is 127. The number of aliphatic imine (C=N–C) groups is 1. The van der Waals surface area contributed by atoms with Crippen molar-refractivity contribution in [1.82, 2.24) is 30.3 Å². The Balaban J connectivity index is 0.00000338. The number of aromatic nitrogens is 3. The van der Waals surface area contributed by atoms with E-state index in [0.717, 1.165) is 36.7 Å². The maximum absolute atomic E-state index is 4.65. The number of piperidine rings is 1. The van der Waals surface area contributed by atoms with Gasteiger partial charge in [0.2, 0.25) is 0 Å². The Bertz CT molecular complexity index is 560. The second-order valence-electron chi connectivity index (χ2n) is 8.01. The summed E-state index contributed by atoms with van der Waals surface area (Å²) in [5, 5.41) is 10.9. The Labute approximate surface area is 175 Å². The SMILES string of the molecule is CCNC(=NCc1ncnn1C)NCC(C)(C)N1CC(C)CC(C)C1.I. The summed E-state index contributed by atoms with van der Waals surface area (Å²) in [7, 11) is 1.89. The van der Waals surface area contributed by atoms with Gasteiger partial charge in [-0.05, 0) is 39.0 Å². The van der Waals surface area contributed by atoms with E-state index in [-0.39, 0.29) is 29.5 Å². The summed E-state index contributed by atoms with van der Waals surface area (Å²) in [6, 6.07) is 0. The van der Waals surface area contributed by atoms with Gasteiger partial charge in [0.1, 0.15) is 18.7 Å². The van der Waals surface area contributed by atoms with Crippen molar-refractivity contribution in [2.24, 2.45) is 23.9 Å². The van der Waals surface area contributed by atoms with E-state index in [2.05, 4.69) is 65.2 Å².